The molecule has 0 spiro atoms. The monoisotopic (exact) mass is 239 g/mol. The molecule has 4 heteroatoms. The Bertz CT molecular complexity index is 597. The molecule has 0 fully saturated rings. The molecule has 1 aromatic carbocycles. The quantitative estimate of drug-likeness (QED) is 0.807. The Morgan fingerprint density at radius 3 is 3.00 bits per heavy atom. The van der Waals surface area contributed by atoms with Crippen molar-refractivity contribution in [2.24, 2.45) is 0 Å². The van der Waals surface area contributed by atoms with Gasteiger partial charge >= 0.3 is 0 Å². The highest BCUT2D eigenvalue weighted by molar-refractivity contribution is 5.31. The van der Waals surface area contributed by atoms with E-state index in [2.05, 4.69) is 34.4 Å². The van der Waals surface area contributed by atoms with Crippen LogP contribution in [0, 0.1) is 11.3 Å². The molecule has 1 heterocycles. The Labute approximate surface area is 105 Å². The Morgan fingerprint density at radius 1 is 1.33 bits per heavy atom. The molecular formula is C14H13N3O. The minimum atomic E-state index is 0.191. The van der Waals surface area contributed by atoms with Crippen molar-refractivity contribution in [3.8, 4) is 6.07 Å². The average Bonchev–Trinajstić information content (AvgIpc) is 2.87. The lowest BCUT2D eigenvalue weighted by atomic mass is 9.83. The number of aromatic nitrogens is 2. The Morgan fingerprint density at radius 2 is 2.17 bits per heavy atom. The first-order valence-electron chi connectivity index (χ1n) is 6.13. The molecule has 0 radical (unpaired) electrons. The number of aryl methyl sites for hydroxylation is 1. The van der Waals surface area contributed by atoms with E-state index in [0.29, 0.717) is 11.8 Å². The summed E-state index contributed by atoms with van der Waals surface area (Å²) >= 11 is 0. The molecule has 3 rings (SSSR count). The number of rotatable bonds is 2. The number of hydrogen-bond acceptors (Lipinski definition) is 4. The van der Waals surface area contributed by atoms with Crippen LogP contribution < -0.4 is 0 Å². The number of nitriles is 1. The lowest BCUT2D eigenvalue weighted by molar-refractivity contribution is 0.374. The number of fused-ring (bicyclic) bond motifs is 1. The van der Waals surface area contributed by atoms with E-state index in [1.54, 1.807) is 0 Å². The fourth-order valence-corrected chi connectivity index (χ4v) is 2.49. The zero-order valence-electron chi connectivity index (χ0n) is 9.97. The fourth-order valence-electron chi connectivity index (χ4n) is 2.49. The van der Waals surface area contributed by atoms with E-state index in [1.807, 2.05) is 6.07 Å². The van der Waals surface area contributed by atoms with Gasteiger partial charge in [-0.1, -0.05) is 29.4 Å². The molecule has 1 unspecified atom stereocenters. The van der Waals surface area contributed by atoms with Crippen LogP contribution in [0.4, 0.5) is 0 Å². The van der Waals surface area contributed by atoms with Gasteiger partial charge in [-0.3, -0.25) is 0 Å². The van der Waals surface area contributed by atoms with Crippen LogP contribution in [-0.2, 0) is 19.3 Å². The topological polar surface area (TPSA) is 62.7 Å². The predicted molar refractivity (Wildman–Crippen MR) is 64.8 cm³/mol. The van der Waals surface area contributed by atoms with Crippen LogP contribution in [0.1, 0.15) is 35.2 Å². The second-order valence-corrected chi connectivity index (χ2v) is 4.59. The van der Waals surface area contributed by atoms with Crippen molar-refractivity contribution in [3.63, 3.8) is 0 Å². The summed E-state index contributed by atoms with van der Waals surface area (Å²) in [7, 11) is 0. The van der Waals surface area contributed by atoms with Crippen LogP contribution in [-0.4, -0.2) is 10.1 Å². The van der Waals surface area contributed by atoms with Crippen molar-refractivity contribution in [2.75, 3.05) is 0 Å². The summed E-state index contributed by atoms with van der Waals surface area (Å²) < 4.78 is 5.06. The van der Waals surface area contributed by atoms with Gasteiger partial charge in [-0.15, -0.1) is 0 Å². The highest BCUT2D eigenvalue weighted by atomic mass is 16.5. The van der Waals surface area contributed by atoms with Crippen molar-refractivity contribution < 1.29 is 4.52 Å². The smallest absolute Gasteiger partial charge is 0.240 e. The molecule has 1 aliphatic rings. The van der Waals surface area contributed by atoms with Gasteiger partial charge in [0.25, 0.3) is 0 Å². The number of nitrogens with zero attached hydrogens (tertiary/aromatic N) is 3. The van der Waals surface area contributed by atoms with Crippen molar-refractivity contribution in [1.29, 1.82) is 5.26 Å². The third kappa shape index (κ3) is 2.00. The van der Waals surface area contributed by atoms with Crippen LogP contribution in [0.25, 0.3) is 0 Å². The second-order valence-electron chi connectivity index (χ2n) is 4.59. The average molecular weight is 239 g/mol. The first-order valence-corrected chi connectivity index (χ1v) is 6.13. The Balaban J connectivity index is 1.81. The van der Waals surface area contributed by atoms with Crippen molar-refractivity contribution in [3.05, 3.63) is 47.1 Å². The van der Waals surface area contributed by atoms with Gasteiger partial charge in [-0.05, 0) is 30.4 Å². The second kappa shape index (κ2) is 4.61. The summed E-state index contributed by atoms with van der Waals surface area (Å²) in [5, 5.41) is 12.6. The van der Waals surface area contributed by atoms with Crippen LogP contribution in [0.15, 0.2) is 28.8 Å². The van der Waals surface area contributed by atoms with Crippen molar-refractivity contribution in [2.45, 2.75) is 31.6 Å². The molecule has 2 aromatic rings. The van der Waals surface area contributed by atoms with Gasteiger partial charge in [0.15, 0.2) is 5.82 Å². The predicted octanol–water partition coefficient (Wildman–Crippen LogP) is 2.41. The molecule has 1 aliphatic carbocycles. The molecule has 18 heavy (non-hydrogen) atoms. The zero-order chi connectivity index (χ0) is 12.4. The summed E-state index contributed by atoms with van der Waals surface area (Å²) in [4.78, 5) is 4.30. The first-order chi connectivity index (χ1) is 8.86. The Hall–Kier alpha value is -2.15. The number of hydrogen-bond donors (Lipinski definition) is 0. The lowest BCUT2D eigenvalue weighted by Gasteiger charge is -2.21. The Kier molecular flexibility index (Phi) is 2.81. The molecule has 0 bridgehead atoms. The van der Waals surface area contributed by atoms with Crippen LogP contribution >= 0.6 is 0 Å². The van der Waals surface area contributed by atoms with Gasteiger partial charge in [-0.2, -0.15) is 10.2 Å². The van der Waals surface area contributed by atoms with Gasteiger partial charge in [-0.25, -0.2) is 0 Å². The summed E-state index contributed by atoms with van der Waals surface area (Å²) in [5.41, 5.74) is 2.80. The third-order valence-corrected chi connectivity index (χ3v) is 3.43. The first kappa shape index (κ1) is 11.0. The molecule has 0 saturated heterocycles. The van der Waals surface area contributed by atoms with E-state index in [9.17, 15) is 0 Å². The molecule has 90 valence electrons. The maximum absolute atomic E-state index is 8.59. The minimum absolute atomic E-state index is 0.191. The standard InChI is InChI=1S/C14H13N3O/c15-8-7-13-16-14(17-18-13)12-6-5-10-3-1-2-4-11(10)9-12/h1-4,12H,5-7,9H2. The van der Waals surface area contributed by atoms with E-state index in [4.69, 9.17) is 9.78 Å². The van der Waals surface area contributed by atoms with E-state index in [0.717, 1.165) is 25.1 Å². The van der Waals surface area contributed by atoms with E-state index in [-0.39, 0.29) is 6.42 Å². The van der Waals surface area contributed by atoms with Gasteiger partial charge in [0.05, 0.1) is 6.07 Å². The maximum Gasteiger partial charge on any atom is 0.240 e. The summed E-state index contributed by atoms with van der Waals surface area (Å²) in [5.74, 6) is 1.48. The molecule has 0 aliphatic heterocycles. The molecule has 0 saturated carbocycles. The van der Waals surface area contributed by atoms with Gasteiger partial charge < -0.3 is 4.52 Å². The highest BCUT2D eigenvalue weighted by Crippen LogP contribution is 2.31. The molecule has 4 nitrogen and oxygen atoms in total. The molecule has 1 atom stereocenters. The van der Waals surface area contributed by atoms with Crippen LogP contribution in [0.3, 0.4) is 0 Å². The SMILES string of the molecule is N#CCc1nc(C2CCc3ccccc3C2)no1. The summed E-state index contributed by atoms with van der Waals surface area (Å²) in [6, 6.07) is 10.5. The minimum Gasteiger partial charge on any atom is -0.338 e. The molecule has 1 aromatic heterocycles. The largest absolute Gasteiger partial charge is 0.338 e. The van der Waals surface area contributed by atoms with Crippen LogP contribution in [0.5, 0.6) is 0 Å². The van der Waals surface area contributed by atoms with Gasteiger partial charge in [0.1, 0.15) is 6.42 Å². The summed E-state index contributed by atoms with van der Waals surface area (Å²) in [6.45, 7) is 0. The normalized spacial score (nSPS) is 18.1. The van der Waals surface area contributed by atoms with Gasteiger partial charge in [0, 0.05) is 5.92 Å². The third-order valence-electron chi connectivity index (χ3n) is 3.43. The molecule has 0 amide bonds. The zero-order valence-corrected chi connectivity index (χ0v) is 9.97. The highest BCUT2D eigenvalue weighted by Gasteiger charge is 2.23. The maximum atomic E-state index is 8.59. The van der Waals surface area contributed by atoms with Crippen molar-refractivity contribution >= 4 is 0 Å². The molecular weight excluding hydrogens is 226 g/mol. The van der Waals surface area contributed by atoms with Crippen molar-refractivity contribution in [1.82, 2.24) is 10.1 Å². The number of benzene rings is 1. The summed E-state index contributed by atoms with van der Waals surface area (Å²) in [6.07, 6.45) is 3.25. The van der Waals surface area contributed by atoms with E-state index >= 15 is 0 Å². The lowest BCUT2D eigenvalue weighted by Crippen LogP contribution is -2.13. The van der Waals surface area contributed by atoms with Crippen LogP contribution in [0.2, 0.25) is 0 Å². The van der Waals surface area contributed by atoms with Gasteiger partial charge in [0.2, 0.25) is 5.89 Å². The van der Waals surface area contributed by atoms with E-state index < -0.39 is 0 Å². The van der Waals surface area contributed by atoms with E-state index in [1.165, 1.54) is 11.1 Å². The molecule has 0 N–H and O–H groups in total. The fraction of sp³-hybridized carbons (Fsp3) is 0.357.